The number of rotatable bonds is 5. The second-order valence-corrected chi connectivity index (χ2v) is 4.19. The smallest absolute Gasteiger partial charge is 0.303 e. The summed E-state index contributed by atoms with van der Waals surface area (Å²) in [5, 5.41) is 17.0. The lowest BCUT2D eigenvalue weighted by Crippen LogP contribution is -2.00. The molecule has 0 saturated heterocycles. The number of aromatic nitrogens is 3. The van der Waals surface area contributed by atoms with Gasteiger partial charge in [0.25, 0.3) is 0 Å². The van der Waals surface area contributed by atoms with Crippen LogP contribution >= 0.6 is 0 Å². The summed E-state index contributed by atoms with van der Waals surface area (Å²) in [6.07, 6.45) is 3.30. The zero-order valence-electron chi connectivity index (χ0n) is 10.2. The summed E-state index contributed by atoms with van der Waals surface area (Å²) in [6, 6.07) is 7.84. The molecule has 0 spiro atoms. The zero-order valence-corrected chi connectivity index (χ0v) is 10.2. The molecule has 1 heterocycles. The Morgan fingerprint density at radius 1 is 1.44 bits per heavy atom. The predicted octanol–water partition coefficient (Wildman–Crippen LogP) is 1.98. The molecule has 1 aromatic carbocycles. The molecule has 1 aromatic heterocycles. The van der Waals surface area contributed by atoms with Crippen LogP contribution in [-0.4, -0.2) is 26.1 Å². The van der Waals surface area contributed by atoms with Crippen molar-refractivity contribution >= 4 is 5.97 Å². The molecule has 0 radical (unpaired) electrons. The van der Waals surface area contributed by atoms with E-state index in [0.29, 0.717) is 6.42 Å². The highest BCUT2D eigenvalue weighted by molar-refractivity contribution is 5.66. The van der Waals surface area contributed by atoms with Crippen LogP contribution in [0.5, 0.6) is 0 Å². The molecule has 0 aliphatic heterocycles. The number of hydrogen-bond donors (Lipinski definition) is 1. The van der Waals surface area contributed by atoms with Gasteiger partial charge in [0.05, 0.1) is 17.6 Å². The molecule has 2 aromatic rings. The number of aryl methyl sites for hydroxylation is 2. The van der Waals surface area contributed by atoms with Gasteiger partial charge in [-0.15, -0.1) is 0 Å². The van der Waals surface area contributed by atoms with Gasteiger partial charge in [-0.3, -0.25) is 4.79 Å². The molecule has 0 amide bonds. The monoisotopic (exact) mass is 245 g/mol. The van der Waals surface area contributed by atoms with Gasteiger partial charge in [0.15, 0.2) is 0 Å². The fourth-order valence-corrected chi connectivity index (χ4v) is 1.74. The molecular formula is C13H15N3O2. The van der Waals surface area contributed by atoms with Crippen LogP contribution in [0.15, 0.2) is 30.5 Å². The molecule has 0 unspecified atom stereocenters. The van der Waals surface area contributed by atoms with E-state index >= 15 is 0 Å². The number of carboxylic acids is 1. The summed E-state index contributed by atoms with van der Waals surface area (Å²) in [5.74, 6) is -0.754. The van der Waals surface area contributed by atoms with E-state index in [-0.39, 0.29) is 6.42 Å². The standard InChI is InChI=1S/C13H15N3O2/c1-10-9-14-16(15-10)12-6-2-4-11(8-12)5-3-7-13(17)18/h2,4,6,8-9H,3,5,7H2,1H3,(H,17,18). The Kier molecular flexibility index (Phi) is 3.72. The minimum absolute atomic E-state index is 0.198. The van der Waals surface area contributed by atoms with Crippen LogP contribution in [0, 0.1) is 6.92 Å². The molecule has 5 nitrogen and oxygen atoms in total. The van der Waals surface area contributed by atoms with Crippen LogP contribution in [0.1, 0.15) is 24.1 Å². The van der Waals surface area contributed by atoms with Gasteiger partial charge in [-0.1, -0.05) is 12.1 Å². The van der Waals surface area contributed by atoms with Gasteiger partial charge in [0, 0.05) is 6.42 Å². The van der Waals surface area contributed by atoms with Crippen molar-refractivity contribution in [3.05, 3.63) is 41.7 Å². The zero-order chi connectivity index (χ0) is 13.0. The van der Waals surface area contributed by atoms with E-state index in [2.05, 4.69) is 10.2 Å². The average molecular weight is 245 g/mol. The lowest BCUT2D eigenvalue weighted by atomic mass is 10.1. The van der Waals surface area contributed by atoms with Crippen LogP contribution in [0.4, 0.5) is 0 Å². The highest BCUT2D eigenvalue weighted by atomic mass is 16.4. The minimum Gasteiger partial charge on any atom is -0.481 e. The number of carbonyl (C=O) groups is 1. The number of hydrogen-bond acceptors (Lipinski definition) is 3. The van der Waals surface area contributed by atoms with Crippen molar-refractivity contribution in [2.45, 2.75) is 26.2 Å². The van der Waals surface area contributed by atoms with E-state index < -0.39 is 5.97 Å². The van der Waals surface area contributed by atoms with Crippen molar-refractivity contribution in [2.24, 2.45) is 0 Å². The van der Waals surface area contributed by atoms with Crippen LogP contribution in [-0.2, 0) is 11.2 Å². The van der Waals surface area contributed by atoms with E-state index in [1.54, 1.807) is 11.0 Å². The Bertz CT molecular complexity index is 549. The molecule has 0 atom stereocenters. The number of benzene rings is 1. The summed E-state index contributed by atoms with van der Waals surface area (Å²) in [5.41, 5.74) is 2.87. The summed E-state index contributed by atoms with van der Waals surface area (Å²) >= 11 is 0. The quantitative estimate of drug-likeness (QED) is 0.874. The van der Waals surface area contributed by atoms with Gasteiger partial charge in [-0.2, -0.15) is 15.0 Å². The second kappa shape index (κ2) is 5.44. The number of nitrogens with zero attached hydrogens (tertiary/aromatic N) is 3. The van der Waals surface area contributed by atoms with Gasteiger partial charge < -0.3 is 5.11 Å². The fraction of sp³-hybridized carbons (Fsp3) is 0.308. The Hall–Kier alpha value is -2.17. The van der Waals surface area contributed by atoms with Gasteiger partial charge in [0.2, 0.25) is 0 Å². The maximum absolute atomic E-state index is 10.5. The molecule has 2 rings (SSSR count). The Morgan fingerprint density at radius 3 is 2.94 bits per heavy atom. The first-order chi connectivity index (χ1) is 8.65. The van der Waals surface area contributed by atoms with Crippen molar-refractivity contribution in [3.8, 4) is 5.69 Å². The average Bonchev–Trinajstić information content (AvgIpc) is 2.76. The van der Waals surface area contributed by atoms with Crippen LogP contribution in [0.25, 0.3) is 5.69 Å². The highest BCUT2D eigenvalue weighted by Crippen LogP contribution is 2.11. The molecule has 0 saturated carbocycles. The van der Waals surface area contributed by atoms with Gasteiger partial charge in [-0.05, 0) is 37.5 Å². The molecule has 18 heavy (non-hydrogen) atoms. The summed E-state index contributed by atoms with van der Waals surface area (Å²) in [4.78, 5) is 12.0. The maximum Gasteiger partial charge on any atom is 0.303 e. The normalized spacial score (nSPS) is 10.5. The van der Waals surface area contributed by atoms with Crippen molar-refractivity contribution < 1.29 is 9.90 Å². The molecule has 1 N–H and O–H groups in total. The van der Waals surface area contributed by atoms with Crippen molar-refractivity contribution in [1.29, 1.82) is 0 Å². The SMILES string of the molecule is Cc1cnn(-c2cccc(CCCC(=O)O)c2)n1. The van der Waals surface area contributed by atoms with E-state index in [1.807, 2.05) is 31.2 Å². The topological polar surface area (TPSA) is 68.0 Å². The highest BCUT2D eigenvalue weighted by Gasteiger charge is 2.02. The minimum atomic E-state index is -0.754. The van der Waals surface area contributed by atoms with E-state index in [9.17, 15) is 4.79 Å². The van der Waals surface area contributed by atoms with Crippen molar-refractivity contribution in [2.75, 3.05) is 0 Å². The summed E-state index contributed by atoms with van der Waals surface area (Å²) in [6.45, 7) is 1.89. The summed E-state index contributed by atoms with van der Waals surface area (Å²) in [7, 11) is 0. The van der Waals surface area contributed by atoms with Gasteiger partial charge in [-0.25, -0.2) is 0 Å². The largest absolute Gasteiger partial charge is 0.481 e. The second-order valence-electron chi connectivity index (χ2n) is 4.19. The Labute approximate surface area is 105 Å². The van der Waals surface area contributed by atoms with Crippen LogP contribution in [0.3, 0.4) is 0 Å². The molecule has 94 valence electrons. The third-order valence-electron chi connectivity index (χ3n) is 2.60. The van der Waals surface area contributed by atoms with Gasteiger partial charge >= 0.3 is 5.97 Å². The van der Waals surface area contributed by atoms with Crippen molar-refractivity contribution in [3.63, 3.8) is 0 Å². The van der Waals surface area contributed by atoms with Crippen LogP contribution < -0.4 is 0 Å². The molecule has 0 aliphatic carbocycles. The third-order valence-corrected chi connectivity index (χ3v) is 2.60. The van der Waals surface area contributed by atoms with E-state index in [0.717, 1.165) is 23.4 Å². The number of aliphatic carboxylic acids is 1. The predicted molar refractivity (Wildman–Crippen MR) is 66.7 cm³/mol. The van der Waals surface area contributed by atoms with Crippen LogP contribution in [0.2, 0.25) is 0 Å². The fourth-order valence-electron chi connectivity index (χ4n) is 1.74. The summed E-state index contributed by atoms with van der Waals surface area (Å²) < 4.78 is 0. The first kappa shape index (κ1) is 12.3. The van der Waals surface area contributed by atoms with E-state index in [1.165, 1.54) is 0 Å². The molecule has 5 heteroatoms. The lowest BCUT2D eigenvalue weighted by molar-refractivity contribution is -0.137. The molecule has 0 fully saturated rings. The van der Waals surface area contributed by atoms with Crippen molar-refractivity contribution in [1.82, 2.24) is 15.0 Å². The Morgan fingerprint density at radius 2 is 2.28 bits per heavy atom. The first-order valence-corrected chi connectivity index (χ1v) is 5.85. The maximum atomic E-state index is 10.5. The molecular weight excluding hydrogens is 230 g/mol. The van der Waals surface area contributed by atoms with E-state index in [4.69, 9.17) is 5.11 Å². The molecule has 0 bridgehead atoms. The molecule has 0 aliphatic rings. The lowest BCUT2D eigenvalue weighted by Gasteiger charge is -2.03. The first-order valence-electron chi connectivity index (χ1n) is 5.85. The Balaban J connectivity index is 2.08. The number of carboxylic acid groups (broad SMARTS) is 1. The van der Waals surface area contributed by atoms with Gasteiger partial charge in [0.1, 0.15) is 0 Å². The third kappa shape index (κ3) is 3.16.